The fraction of sp³-hybridized carbons (Fsp3) is 0.211. The first kappa shape index (κ1) is 17.5. The molecule has 0 saturated heterocycles. The second-order valence-electron chi connectivity index (χ2n) is 6.00. The molecule has 0 unspecified atom stereocenters. The summed E-state index contributed by atoms with van der Waals surface area (Å²) in [6.45, 7) is 0.120. The quantitative estimate of drug-likeness (QED) is 0.748. The summed E-state index contributed by atoms with van der Waals surface area (Å²) in [7, 11) is 3.15. The summed E-state index contributed by atoms with van der Waals surface area (Å²) < 4.78 is 7.65. The fourth-order valence-corrected chi connectivity index (χ4v) is 2.90. The first-order valence-electron chi connectivity index (χ1n) is 7.98. The maximum Gasteiger partial charge on any atom is 0.331 e. The molecule has 26 heavy (non-hydrogen) atoms. The van der Waals surface area contributed by atoms with E-state index in [0.717, 1.165) is 10.1 Å². The van der Waals surface area contributed by atoms with Gasteiger partial charge in [0.2, 0.25) is 0 Å². The Morgan fingerprint density at radius 1 is 1.08 bits per heavy atom. The summed E-state index contributed by atoms with van der Waals surface area (Å²) in [5, 5.41) is 9.27. The van der Waals surface area contributed by atoms with Crippen molar-refractivity contribution in [3.8, 4) is 5.75 Å². The number of carbonyl (C=O) groups is 1. The van der Waals surface area contributed by atoms with Crippen molar-refractivity contribution in [1.29, 1.82) is 0 Å². The van der Waals surface area contributed by atoms with Gasteiger partial charge >= 0.3 is 11.7 Å². The van der Waals surface area contributed by atoms with E-state index >= 15 is 0 Å². The van der Waals surface area contributed by atoms with Gasteiger partial charge in [-0.1, -0.05) is 18.2 Å². The Morgan fingerprint density at radius 2 is 1.73 bits per heavy atom. The third-order valence-electron chi connectivity index (χ3n) is 4.27. The molecule has 0 aliphatic carbocycles. The zero-order valence-corrected chi connectivity index (χ0v) is 14.4. The third-order valence-corrected chi connectivity index (χ3v) is 4.27. The number of hydrogen-bond donors (Lipinski definition) is 1. The van der Waals surface area contributed by atoms with Crippen LogP contribution in [0.3, 0.4) is 0 Å². The molecule has 3 rings (SSSR count). The molecule has 0 aliphatic rings. The summed E-state index contributed by atoms with van der Waals surface area (Å²) in [4.78, 5) is 36.4. The van der Waals surface area contributed by atoms with Crippen molar-refractivity contribution in [2.75, 3.05) is 7.11 Å². The molecule has 0 atom stereocenters. The lowest BCUT2D eigenvalue weighted by atomic mass is 10.1. The molecule has 7 heteroatoms. The molecule has 134 valence electrons. The normalized spacial score (nSPS) is 10.8. The van der Waals surface area contributed by atoms with Crippen LogP contribution in [0, 0.1) is 0 Å². The van der Waals surface area contributed by atoms with Gasteiger partial charge in [-0.3, -0.25) is 18.7 Å². The van der Waals surface area contributed by atoms with E-state index in [0.29, 0.717) is 22.2 Å². The number of hydrogen-bond acceptors (Lipinski definition) is 4. The van der Waals surface area contributed by atoms with Crippen LogP contribution in [-0.4, -0.2) is 27.3 Å². The Morgan fingerprint density at radius 3 is 2.35 bits per heavy atom. The number of rotatable bonds is 5. The van der Waals surface area contributed by atoms with Gasteiger partial charge in [-0.25, -0.2) is 4.79 Å². The van der Waals surface area contributed by atoms with Crippen molar-refractivity contribution in [2.45, 2.75) is 13.0 Å². The summed E-state index contributed by atoms with van der Waals surface area (Å²) in [5.41, 5.74) is 0.901. The van der Waals surface area contributed by atoms with Gasteiger partial charge in [0.15, 0.2) is 0 Å². The summed E-state index contributed by atoms with van der Waals surface area (Å²) in [6.07, 6.45) is -0.184. The smallest absolute Gasteiger partial charge is 0.331 e. The van der Waals surface area contributed by atoms with Crippen LogP contribution in [-0.2, 0) is 24.8 Å². The zero-order valence-electron chi connectivity index (χ0n) is 14.4. The second kappa shape index (κ2) is 6.87. The molecule has 0 fully saturated rings. The SMILES string of the molecule is COc1ccc(Cn2c(=O)c3cc(CC(=O)O)ccc3n(C)c2=O)cc1. The van der Waals surface area contributed by atoms with Crippen LogP contribution in [0.5, 0.6) is 5.75 Å². The number of aromatic nitrogens is 2. The van der Waals surface area contributed by atoms with Crippen molar-refractivity contribution >= 4 is 16.9 Å². The van der Waals surface area contributed by atoms with Crippen molar-refractivity contribution < 1.29 is 14.6 Å². The van der Waals surface area contributed by atoms with E-state index in [1.165, 1.54) is 10.6 Å². The zero-order chi connectivity index (χ0) is 18.8. The van der Waals surface area contributed by atoms with Crippen LogP contribution in [0.2, 0.25) is 0 Å². The number of nitrogens with zero attached hydrogens (tertiary/aromatic N) is 2. The number of benzene rings is 2. The van der Waals surface area contributed by atoms with Crippen LogP contribution in [0.1, 0.15) is 11.1 Å². The minimum Gasteiger partial charge on any atom is -0.497 e. The monoisotopic (exact) mass is 354 g/mol. The van der Waals surface area contributed by atoms with E-state index in [1.54, 1.807) is 50.6 Å². The maximum absolute atomic E-state index is 12.8. The van der Waals surface area contributed by atoms with Gasteiger partial charge in [-0.2, -0.15) is 0 Å². The highest BCUT2D eigenvalue weighted by atomic mass is 16.5. The molecule has 0 radical (unpaired) electrons. The van der Waals surface area contributed by atoms with Crippen molar-refractivity contribution in [3.05, 3.63) is 74.4 Å². The van der Waals surface area contributed by atoms with Gasteiger partial charge in [-0.15, -0.1) is 0 Å². The highest BCUT2D eigenvalue weighted by molar-refractivity contribution is 5.80. The largest absolute Gasteiger partial charge is 0.497 e. The van der Waals surface area contributed by atoms with Crippen LogP contribution >= 0.6 is 0 Å². The Balaban J connectivity index is 2.13. The van der Waals surface area contributed by atoms with E-state index in [2.05, 4.69) is 0 Å². The molecule has 0 amide bonds. The standard InChI is InChI=1S/C19H18N2O5/c1-20-16-8-5-13(10-17(22)23)9-15(16)18(24)21(19(20)25)11-12-3-6-14(26-2)7-4-12/h3-9H,10-11H2,1-2H3,(H,22,23). The highest BCUT2D eigenvalue weighted by Crippen LogP contribution is 2.14. The van der Waals surface area contributed by atoms with Gasteiger partial charge in [0.05, 0.1) is 31.0 Å². The van der Waals surface area contributed by atoms with Crippen LogP contribution in [0.25, 0.3) is 10.9 Å². The summed E-state index contributed by atoms with van der Waals surface area (Å²) in [5.74, 6) is -0.293. The number of carboxylic acid groups (broad SMARTS) is 1. The minimum atomic E-state index is -0.979. The first-order chi connectivity index (χ1) is 12.4. The van der Waals surface area contributed by atoms with Gasteiger partial charge in [-0.05, 0) is 35.4 Å². The van der Waals surface area contributed by atoms with E-state index in [-0.39, 0.29) is 13.0 Å². The predicted molar refractivity (Wildman–Crippen MR) is 96.9 cm³/mol. The molecular formula is C19H18N2O5. The average molecular weight is 354 g/mol. The lowest BCUT2D eigenvalue weighted by molar-refractivity contribution is -0.136. The Kier molecular flexibility index (Phi) is 4.62. The number of aliphatic carboxylic acids is 1. The lowest BCUT2D eigenvalue weighted by Gasteiger charge is -2.12. The molecule has 0 saturated carbocycles. The van der Waals surface area contributed by atoms with Crippen molar-refractivity contribution in [3.63, 3.8) is 0 Å². The van der Waals surface area contributed by atoms with Crippen molar-refractivity contribution in [2.24, 2.45) is 7.05 Å². The molecular weight excluding hydrogens is 336 g/mol. The number of carboxylic acids is 1. The Hall–Kier alpha value is -3.35. The van der Waals surface area contributed by atoms with E-state index in [1.807, 2.05) is 0 Å². The van der Waals surface area contributed by atoms with E-state index in [9.17, 15) is 14.4 Å². The number of fused-ring (bicyclic) bond motifs is 1. The molecule has 1 N–H and O–H groups in total. The summed E-state index contributed by atoms with van der Waals surface area (Å²) >= 11 is 0. The second-order valence-corrected chi connectivity index (χ2v) is 6.00. The van der Waals surface area contributed by atoms with Crippen LogP contribution in [0.15, 0.2) is 52.1 Å². The van der Waals surface area contributed by atoms with Gasteiger partial charge < -0.3 is 9.84 Å². The molecule has 0 aliphatic heterocycles. The van der Waals surface area contributed by atoms with Gasteiger partial charge in [0, 0.05) is 7.05 Å². The molecule has 1 heterocycles. The average Bonchev–Trinajstić information content (AvgIpc) is 2.63. The van der Waals surface area contributed by atoms with E-state index < -0.39 is 17.2 Å². The van der Waals surface area contributed by atoms with Crippen LogP contribution < -0.4 is 16.0 Å². The minimum absolute atomic E-state index is 0.120. The van der Waals surface area contributed by atoms with Gasteiger partial charge in [0.25, 0.3) is 5.56 Å². The highest BCUT2D eigenvalue weighted by Gasteiger charge is 2.13. The van der Waals surface area contributed by atoms with E-state index in [4.69, 9.17) is 9.84 Å². The molecule has 2 aromatic carbocycles. The molecule has 0 spiro atoms. The third kappa shape index (κ3) is 3.23. The molecule has 1 aromatic heterocycles. The maximum atomic E-state index is 12.8. The van der Waals surface area contributed by atoms with Crippen LogP contribution in [0.4, 0.5) is 0 Å². The molecule has 7 nitrogen and oxygen atoms in total. The van der Waals surface area contributed by atoms with Gasteiger partial charge in [0.1, 0.15) is 5.75 Å². The lowest BCUT2D eigenvalue weighted by Crippen LogP contribution is -2.39. The number of methoxy groups -OCH3 is 1. The first-order valence-corrected chi connectivity index (χ1v) is 7.98. The molecule has 0 bridgehead atoms. The predicted octanol–water partition coefficient (Wildman–Crippen LogP) is 1.38. The number of aryl methyl sites for hydroxylation is 1. The van der Waals surface area contributed by atoms with Crippen molar-refractivity contribution in [1.82, 2.24) is 9.13 Å². The topological polar surface area (TPSA) is 90.5 Å². The Labute approximate surface area is 148 Å². The summed E-state index contributed by atoms with van der Waals surface area (Å²) in [6, 6.07) is 11.9. The fourth-order valence-electron chi connectivity index (χ4n) is 2.90. The Bertz CT molecular complexity index is 1090. The molecule has 3 aromatic rings. The number of ether oxygens (including phenoxy) is 1.